The van der Waals surface area contributed by atoms with Crippen molar-refractivity contribution in [3.8, 4) is 12.3 Å². The van der Waals surface area contributed by atoms with Crippen LogP contribution in [0.1, 0.15) is 50.4 Å². The lowest BCUT2D eigenvalue weighted by molar-refractivity contribution is -0.161. The van der Waals surface area contributed by atoms with Crippen molar-refractivity contribution in [3.05, 3.63) is 64.5 Å². The number of terminal acetylenes is 1. The number of hydrogen-bond acceptors (Lipinski definition) is 7. The maximum absolute atomic E-state index is 12.2. The van der Waals surface area contributed by atoms with Gasteiger partial charge in [-0.3, -0.25) is 10.0 Å². The Hall–Kier alpha value is -3.70. The van der Waals surface area contributed by atoms with Crippen molar-refractivity contribution in [2.45, 2.75) is 46.1 Å². The number of esters is 1. The minimum absolute atomic E-state index is 0.0507. The zero-order valence-electron chi connectivity index (χ0n) is 20.3. The predicted molar refractivity (Wildman–Crippen MR) is 131 cm³/mol. The molecule has 1 aliphatic heterocycles. The molecule has 0 amide bonds. The summed E-state index contributed by atoms with van der Waals surface area (Å²) in [7, 11) is 0. The second-order valence-electron chi connectivity index (χ2n) is 10.0. The third-order valence-electron chi connectivity index (χ3n) is 6.46. The largest absolute Gasteiger partial charge is 0.478 e. The Bertz CT molecular complexity index is 1150. The molecule has 3 aliphatic rings. The van der Waals surface area contributed by atoms with E-state index in [9.17, 15) is 19.9 Å². The van der Waals surface area contributed by atoms with Gasteiger partial charge in [0, 0.05) is 17.5 Å². The molecule has 2 aliphatic carbocycles. The minimum atomic E-state index is -0.980. The molecular weight excluding hydrogens is 446 g/mol. The van der Waals surface area contributed by atoms with Gasteiger partial charge in [-0.15, -0.1) is 6.42 Å². The number of fused-ring (bicyclic) bond motifs is 2. The molecule has 0 aromatic heterocycles. The minimum Gasteiger partial charge on any atom is -0.478 e. The van der Waals surface area contributed by atoms with Gasteiger partial charge < -0.3 is 19.6 Å². The zero-order valence-corrected chi connectivity index (χ0v) is 20.3. The number of ether oxygens (including phenoxy) is 1. The van der Waals surface area contributed by atoms with Crippen LogP contribution in [0.4, 0.5) is 5.69 Å². The fourth-order valence-corrected chi connectivity index (χ4v) is 4.69. The van der Waals surface area contributed by atoms with Crippen LogP contribution in [-0.2, 0) is 9.53 Å². The number of nitrogens with zero attached hydrogens (tertiary/aromatic N) is 3. The highest BCUT2D eigenvalue weighted by atomic mass is 16.5. The normalized spacial score (nSPS) is 19.3. The molecule has 8 nitrogen and oxygen atoms in total. The van der Waals surface area contributed by atoms with Gasteiger partial charge in [0.05, 0.1) is 29.3 Å². The molecule has 35 heavy (non-hydrogen) atoms. The van der Waals surface area contributed by atoms with Crippen LogP contribution < -0.4 is 4.90 Å². The van der Waals surface area contributed by atoms with Crippen LogP contribution in [0.3, 0.4) is 0 Å². The highest BCUT2D eigenvalue weighted by Crippen LogP contribution is 2.44. The topological polar surface area (TPSA) is 93.6 Å². The van der Waals surface area contributed by atoms with E-state index in [1.54, 1.807) is 49.9 Å². The molecule has 2 N–H and O–H groups in total. The first-order valence-electron chi connectivity index (χ1n) is 11.7. The van der Waals surface area contributed by atoms with Gasteiger partial charge in [-0.25, -0.2) is 9.86 Å². The number of anilines is 1. The van der Waals surface area contributed by atoms with Crippen LogP contribution in [0, 0.1) is 17.8 Å². The molecule has 0 saturated carbocycles. The molecule has 1 heterocycles. The van der Waals surface area contributed by atoms with E-state index in [-0.39, 0.29) is 31.0 Å². The van der Waals surface area contributed by atoms with Crippen molar-refractivity contribution in [1.29, 1.82) is 0 Å². The maximum Gasteiger partial charge on any atom is 0.335 e. The molecule has 1 atom stereocenters. The van der Waals surface area contributed by atoms with Crippen LogP contribution in [-0.4, -0.2) is 58.2 Å². The van der Waals surface area contributed by atoms with E-state index in [0.717, 1.165) is 30.5 Å². The summed E-state index contributed by atoms with van der Waals surface area (Å²) >= 11 is 0. The van der Waals surface area contributed by atoms with Crippen LogP contribution in [0.2, 0.25) is 0 Å². The smallest absolute Gasteiger partial charge is 0.335 e. The molecule has 0 bridgehead atoms. The summed E-state index contributed by atoms with van der Waals surface area (Å²) in [5, 5.41) is 21.3. The van der Waals surface area contributed by atoms with Gasteiger partial charge in [0.2, 0.25) is 0 Å². The summed E-state index contributed by atoms with van der Waals surface area (Å²) in [4.78, 5) is 27.3. The number of hydroxylamine groups is 2. The molecule has 0 saturated heterocycles. The summed E-state index contributed by atoms with van der Waals surface area (Å²) in [6.45, 7) is 5.95. The van der Waals surface area contributed by atoms with E-state index in [0.29, 0.717) is 12.2 Å². The van der Waals surface area contributed by atoms with Crippen molar-refractivity contribution < 1.29 is 24.6 Å². The fraction of sp³-hybridized carbons (Fsp3) is 0.407. The predicted octanol–water partition coefficient (Wildman–Crippen LogP) is 3.97. The molecule has 0 fully saturated rings. The van der Waals surface area contributed by atoms with Gasteiger partial charge >= 0.3 is 11.9 Å². The third kappa shape index (κ3) is 4.91. The number of carbonyl (C=O) groups is 2. The number of carbonyl (C=O) groups excluding carboxylic acids is 1. The van der Waals surface area contributed by atoms with Crippen molar-refractivity contribution in [3.63, 3.8) is 0 Å². The molecular formula is C27H31N3O5. The van der Waals surface area contributed by atoms with E-state index in [1.165, 1.54) is 16.2 Å². The van der Waals surface area contributed by atoms with E-state index < -0.39 is 11.4 Å². The summed E-state index contributed by atoms with van der Waals surface area (Å²) < 4.78 is 5.46. The monoisotopic (exact) mass is 477 g/mol. The number of benzene rings is 1. The number of aromatic carboxylic acids is 1. The average Bonchev–Trinajstić information content (AvgIpc) is 3.31. The highest BCUT2D eigenvalue weighted by Gasteiger charge is 2.37. The van der Waals surface area contributed by atoms with Gasteiger partial charge in [-0.05, 0) is 81.5 Å². The molecule has 4 rings (SSSR count). The van der Waals surface area contributed by atoms with Crippen LogP contribution >= 0.6 is 0 Å². The SMILES string of the molecule is C#CCN(c1ccc(C(=O)O)cc1)C1C=C2C(=CN(COC(=O)C(C)(C)C)CN2O)C2=C1CCC2. The van der Waals surface area contributed by atoms with Crippen molar-refractivity contribution in [2.75, 3.05) is 24.8 Å². The Balaban J connectivity index is 1.65. The molecule has 1 unspecified atom stereocenters. The van der Waals surface area contributed by atoms with Gasteiger partial charge in [0.15, 0.2) is 6.73 Å². The van der Waals surface area contributed by atoms with Crippen molar-refractivity contribution in [2.24, 2.45) is 5.41 Å². The number of hydrogen-bond donors (Lipinski definition) is 2. The standard InChI is InChI=1S/C27H31N3O5/c1-5-13-29(19-11-9-18(10-12-19)25(31)32)23-14-24-22(20-7-6-8-21(20)23)15-28(16-30(24)34)17-35-26(33)27(2,3)4/h1,9-12,14-15,23,34H,6-8,13,16-17H2,2-4H3,(H,31,32). The number of rotatable bonds is 6. The maximum atomic E-state index is 12.2. The fourth-order valence-electron chi connectivity index (χ4n) is 4.69. The van der Waals surface area contributed by atoms with Crippen LogP contribution in [0.5, 0.6) is 0 Å². The Morgan fingerprint density at radius 1 is 1.23 bits per heavy atom. The summed E-state index contributed by atoms with van der Waals surface area (Å²) in [5.41, 5.74) is 4.45. The Morgan fingerprint density at radius 3 is 2.57 bits per heavy atom. The highest BCUT2D eigenvalue weighted by molar-refractivity contribution is 5.88. The second kappa shape index (κ2) is 9.51. The van der Waals surface area contributed by atoms with Crippen molar-refractivity contribution >= 4 is 17.6 Å². The quantitative estimate of drug-likeness (QED) is 0.470. The van der Waals surface area contributed by atoms with Crippen LogP contribution in [0.25, 0.3) is 0 Å². The van der Waals surface area contributed by atoms with Gasteiger partial charge in [0.1, 0.15) is 6.67 Å². The summed E-state index contributed by atoms with van der Waals surface area (Å²) in [6.07, 6.45) is 12.5. The lowest BCUT2D eigenvalue weighted by atomic mass is 9.87. The third-order valence-corrected chi connectivity index (χ3v) is 6.46. The Kier molecular flexibility index (Phi) is 6.64. The number of carboxylic acid groups (broad SMARTS) is 1. The second-order valence-corrected chi connectivity index (χ2v) is 10.0. The van der Waals surface area contributed by atoms with E-state index >= 15 is 0 Å². The van der Waals surface area contributed by atoms with E-state index in [2.05, 4.69) is 10.8 Å². The van der Waals surface area contributed by atoms with E-state index in [1.807, 2.05) is 12.3 Å². The molecule has 0 spiro atoms. The summed E-state index contributed by atoms with van der Waals surface area (Å²) in [6, 6.07) is 6.52. The first kappa shape index (κ1) is 24.4. The number of allylic oxidation sites excluding steroid dienone is 1. The van der Waals surface area contributed by atoms with E-state index in [4.69, 9.17) is 11.2 Å². The molecule has 1 aromatic carbocycles. The lowest BCUT2D eigenvalue weighted by Gasteiger charge is -2.41. The van der Waals surface area contributed by atoms with Crippen molar-refractivity contribution in [1.82, 2.24) is 9.96 Å². The molecule has 0 radical (unpaired) electrons. The molecule has 8 heteroatoms. The first-order chi connectivity index (χ1) is 16.6. The lowest BCUT2D eigenvalue weighted by Crippen LogP contribution is -2.44. The van der Waals surface area contributed by atoms with Gasteiger partial charge in [0.25, 0.3) is 0 Å². The van der Waals surface area contributed by atoms with Crippen LogP contribution in [0.15, 0.2) is 59.0 Å². The molecule has 184 valence electrons. The number of carboxylic acids is 1. The Labute approximate surface area is 205 Å². The summed E-state index contributed by atoms with van der Waals surface area (Å²) in [5.74, 6) is 1.44. The zero-order chi connectivity index (χ0) is 25.3. The molecule has 1 aromatic rings. The average molecular weight is 478 g/mol. The Morgan fingerprint density at radius 2 is 1.94 bits per heavy atom. The first-order valence-corrected chi connectivity index (χ1v) is 11.7. The van der Waals surface area contributed by atoms with Gasteiger partial charge in [-0.1, -0.05) is 5.92 Å². The van der Waals surface area contributed by atoms with Gasteiger partial charge in [-0.2, -0.15) is 0 Å².